The van der Waals surface area contributed by atoms with Crippen LogP contribution in [0.15, 0.2) is 34.8 Å². The number of carbonyl (C=O) groups is 1. The number of halogens is 1. The molecular weight excluding hydrogens is 332 g/mol. The lowest BCUT2D eigenvalue weighted by Crippen LogP contribution is -2.30. The lowest BCUT2D eigenvalue weighted by atomic mass is 10.2. The van der Waals surface area contributed by atoms with Crippen LogP contribution in [0.3, 0.4) is 0 Å². The van der Waals surface area contributed by atoms with E-state index in [0.29, 0.717) is 18.9 Å². The third-order valence-corrected chi connectivity index (χ3v) is 3.85. The van der Waals surface area contributed by atoms with Crippen molar-refractivity contribution in [1.82, 2.24) is 14.7 Å². The van der Waals surface area contributed by atoms with Gasteiger partial charge in [-0.15, -0.1) is 0 Å². The number of nitrogens with zero attached hydrogens (tertiary/aromatic N) is 3. The van der Waals surface area contributed by atoms with Crippen LogP contribution < -0.4 is 5.32 Å². The van der Waals surface area contributed by atoms with E-state index in [1.165, 1.54) is 0 Å². The van der Waals surface area contributed by atoms with E-state index in [2.05, 4.69) is 26.3 Å². The van der Waals surface area contributed by atoms with Crippen molar-refractivity contribution in [2.24, 2.45) is 7.05 Å². The first-order valence-electron chi connectivity index (χ1n) is 6.68. The summed E-state index contributed by atoms with van der Waals surface area (Å²) >= 11 is 3.52. The SMILES string of the molecule is Cc1cc(NC(=O)CN(C)Cc2ccccc2Br)n(C)n1. The minimum Gasteiger partial charge on any atom is -0.310 e. The number of benzene rings is 1. The molecule has 0 aliphatic carbocycles. The quantitative estimate of drug-likeness (QED) is 0.901. The van der Waals surface area contributed by atoms with E-state index in [0.717, 1.165) is 15.7 Å². The standard InChI is InChI=1S/C15H19BrN4O/c1-11-8-14(20(3)18-11)17-15(21)10-19(2)9-12-6-4-5-7-13(12)16/h4-8H,9-10H2,1-3H3,(H,17,21). The van der Waals surface area contributed by atoms with Gasteiger partial charge in [0.1, 0.15) is 5.82 Å². The number of aromatic nitrogens is 2. The number of anilines is 1. The average molecular weight is 351 g/mol. The highest BCUT2D eigenvalue weighted by molar-refractivity contribution is 9.10. The molecule has 0 saturated carbocycles. The third kappa shape index (κ3) is 4.41. The number of amides is 1. The van der Waals surface area contributed by atoms with E-state index >= 15 is 0 Å². The highest BCUT2D eigenvalue weighted by Crippen LogP contribution is 2.17. The minimum atomic E-state index is -0.0486. The molecule has 1 aromatic heterocycles. The van der Waals surface area contributed by atoms with Gasteiger partial charge in [0.05, 0.1) is 12.2 Å². The summed E-state index contributed by atoms with van der Waals surface area (Å²) in [5, 5.41) is 7.08. The Labute approximate surface area is 133 Å². The van der Waals surface area contributed by atoms with Gasteiger partial charge in [0, 0.05) is 24.1 Å². The number of rotatable bonds is 5. The fourth-order valence-corrected chi connectivity index (χ4v) is 2.54. The summed E-state index contributed by atoms with van der Waals surface area (Å²) in [6, 6.07) is 9.87. The fourth-order valence-electron chi connectivity index (χ4n) is 2.13. The first-order chi connectivity index (χ1) is 9.95. The average Bonchev–Trinajstić information content (AvgIpc) is 2.70. The smallest absolute Gasteiger partial charge is 0.239 e. The lowest BCUT2D eigenvalue weighted by molar-refractivity contribution is -0.117. The number of hydrogen-bond donors (Lipinski definition) is 1. The van der Waals surface area contributed by atoms with E-state index in [4.69, 9.17) is 0 Å². The normalized spacial score (nSPS) is 10.9. The van der Waals surface area contributed by atoms with Crippen LogP contribution in [0.4, 0.5) is 5.82 Å². The molecule has 1 aromatic carbocycles. The maximum absolute atomic E-state index is 12.1. The molecule has 21 heavy (non-hydrogen) atoms. The van der Waals surface area contributed by atoms with Crippen LogP contribution in [0.2, 0.25) is 0 Å². The largest absolute Gasteiger partial charge is 0.310 e. The van der Waals surface area contributed by atoms with Gasteiger partial charge in [-0.3, -0.25) is 14.4 Å². The second kappa shape index (κ2) is 6.87. The summed E-state index contributed by atoms with van der Waals surface area (Å²) in [6.45, 7) is 2.93. The summed E-state index contributed by atoms with van der Waals surface area (Å²) in [4.78, 5) is 14.0. The van der Waals surface area contributed by atoms with Crippen LogP contribution in [-0.2, 0) is 18.4 Å². The first kappa shape index (κ1) is 15.7. The molecule has 112 valence electrons. The predicted octanol–water partition coefficient (Wildman–Crippen LogP) is 2.56. The van der Waals surface area contributed by atoms with Gasteiger partial charge < -0.3 is 5.32 Å². The Hall–Kier alpha value is -1.66. The van der Waals surface area contributed by atoms with Crippen molar-refractivity contribution >= 4 is 27.7 Å². The Kier molecular flexibility index (Phi) is 5.14. The third-order valence-electron chi connectivity index (χ3n) is 3.08. The zero-order chi connectivity index (χ0) is 15.4. The van der Waals surface area contributed by atoms with Gasteiger partial charge in [0.2, 0.25) is 5.91 Å². The molecule has 0 fully saturated rings. The molecule has 0 unspecified atom stereocenters. The van der Waals surface area contributed by atoms with Crippen LogP contribution >= 0.6 is 15.9 Å². The van der Waals surface area contributed by atoms with Gasteiger partial charge in [-0.2, -0.15) is 5.10 Å². The minimum absolute atomic E-state index is 0.0486. The molecule has 0 saturated heterocycles. The molecule has 1 heterocycles. The van der Waals surface area contributed by atoms with Gasteiger partial charge in [0.25, 0.3) is 0 Å². The Morgan fingerprint density at radius 1 is 1.43 bits per heavy atom. The van der Waals surface area contributed by atoms with Crippen LogP contribution in [0.5, 0.6) is 0 Å². The van der Waals surface area contributed by atoms with Crippen LogP contribution in [0.25, 0.3) is 0 Å². The summed E-state index contributed by atoms with van der Waals surface area (Å²) in [5.41, 5.74) is 2.04. The Morgan fingerprint density at radius 2 is 2.14 bits per heavy atom. The highest BCUT2D eigenvalue weighted by atomic mass is 79.9. The van der Waals surface area contributed by atoms with Crippen molar-refractivity contribution in [3.63, 3.8) is 0 Å². The molecular formula is C15H19BrN4O. The van der Waals surface area contributed by atoms with Crippen molar-refractivity contribution < 1.29 is 4.79 Å². The second-order valence-corrected chi connectivity index (χ2v) is 5.96. The van der Waals surface area contributed by atoms with Crippen molar-refractivity contribution in [3.8, 4) is 0 Å². The Morgan fingerprint density at radius 3 is 2.76 bits per heavy atom. The monoisotopic (exact) mass is 350 g/mol. The molecule has 2 aromatic rings. The van der Waals surface area contributed by atoms with E-state index in [1.807, 2.05) is 56.3 Å². The molecule has 0 radical (unpaired) electrons. The van der Waals surface area contributed by atoms with Gasteiger partial charge in [-0.05, 0) is 25.6 Å². The predicted molar refractivity (Wildman–Crippen MR) is 87.1 cm³/mol. The van der Waals surface area contributed by atoms with Crippen LogP contribution in [-0.4, -0.2) is 34.2 Å². The molecule has 5 nitrogen and oxygen atoms in total. The van der Waals surface area contributed by atoms with E-state index in [-0.39, 0.29) is 5.91 Å². The van der Waals surface area contributed by atoms with Gasteiger partial charge >= 0.3 is 0 Å². The first-order valence-corrected chi connectivity index (χ1v) is 7.47. The maximum atomic E-state index is 12.1. The van der Waals surface area contributed by atoms with Crippen molar-refractivity contribution in [2.45, 2.75) is 13.5 Å². The molecule has 1 amide bonds. The van der Waals surface area contributed by atoms with E-state index < -0.39 is 0 Å². The summed E-state index contributed by atoms with van der Waals surface area (Å²) in [6.07, 6.45) is 0. The summed E-state index contributed by atoms with van der Waals surface area (Å²) in [5.74, 6) is 0.666. The summed E-state index contributed by atoms with van der Waals surface area (Å²) < 4.78 is 2.72. The van der Waals surface area contributed by atoms with Crippen LogP contribution in [0, 0.1) is 6.92 Å². The lowest BCUT2D eigenvalue weighted by Gasteiger charge is -2.17. The number of likely N-dealkylation sites (N-methyl/N-ethyl adjacent to an activating group) is 1. The number of nitrogens with one attached hydrogen (secondary N) is 1. The number of carbonyl (C=O) groups excluding carboxylic acids is 1. The van der Waals surface area contributed by atoms with Crippen molar-refractivity contribution in [2.75, 3.05) is 18.9 Å². The second-order valence-electron chi connectivity index (χ2n) is 5.11. The molecule has 0 aliphatic heterocycles. The molecule has 0 atom stereocenters. The zero-order valence-corrected chi connectivity index (χ0v) is 14.0. The Balaban J connectivity index is 1.90. The summed E-state index contributed by atoms with van der Waals surface area (Å²) in [7, 11) is 3.74. The molecule has 2 rings (SSSR count). The fraction of sp³-hybridized carbons (Fsp3) is 0.333. The van der Waals surface area contributed by atoms with Gasteiger partial charge in [-0.1, -0.05) is 34.1 Å². The molecule has 0 bridgehead atoms. The molecule has 1 N–H and O–H groups in total. The van der Waals surface area contributed by atoms with Crippen molar-refractivity contribution in [3.05, 3.63) is 46.1 Å². The molecule has 6 heteroatoms. The van der Waals surface area contributed by atoms with Crippen LogP contribution in [0.1, 0.15) is 11.3 Å². The van der Waals surface area contributed by atoms with Gasteiger partial charge in [0.15, 0.2) is 0 Å². The maximum Gasteiger partial charge on any atom is 0.239 e. The Bertz CT molecular complexity index is 638. The van der Waals surface area contributed by atoms with E-state index in [1.54, 1.807) is 4.68 Å². The van der Waals surface area contributed by atoms with Crippen molar-refractivity contribution in [1.29, 1.82) is 0 Å². The molecule has 0 aliphatic rings. The highest BCUT2D eigenvalue weighted by Gasteiger charge is 2.11. The zero-order valence-electron chi connectivity index (χ0n) is 12.4. The molecule has 0 spiro atoms. The number of aryl methyl sites for hydroxylation is 2. The van der Waals surface area contributed by atoms with E-state index in [9.17, 15) is 4.79 Å². The van der Waals surface area contributed by atoms with Gasteiger partial charge in [-0.25, -0.2) is 0 Å². The number of hydrogen-bond acceptors (Lipinski definition) is 3. The topological polar surface area (TPSA) is 50.2 Å².